The lowest BCUT2D eigenvalue weighted by molar-refractivity contribution is -0.119. The molecule has 0 aliphatic heterocycles. The third-order valence-electron chi connectivity index (χ3n) is 5.57. The number of rotatable bonds is 0. The number of fused-ring (bicyclic) bond motifs is 6. The molecule has 130 valence electrons. The lowest BCUT2D eigenvalue weighted by Crippen LogP contribution is -2.41. The van der Waals surface area contributed by atoms with Gasteiger partial charge < -0.3 is 20.4 Å². The van der Waals surface area contributed by atoms with Crippen molar-refractivity contribution < 1.29 is 20.4 Å². The molecule has 0 fully saturated rings. The molecule has 0 saturated carbocycles. The van der Waals surface area contributed by atoms with Crippen LogP contribution in [0.5, 0.6) is 0 Å². The predicted molar refractivity (Wildman–Crippen MR) is 101 cm³/mol. The van der Waals surface area contributed by atoms with Gasteiger partial charge in [-0.2, -0.15) is 0 Å². The third-order valence-corrected chi connectivity index (χ3v) is 5.57. The van der Waals surface area contributed by atoms with Gasteiger partial charge in [0.1, 0.15) is 24.4 Å². The summed E-state index contributed by atoms with van der Waals surface area (Å²) >= 11 is 0. The van der Waals surface area contributed by atoms with Gasteiger partial charge in [0.05, 0.1) is 0 Å². The van der Waals surface area contributed by atoms with Crippen LogP contribution in [0.1, 0.15) is 23.3 Å². The first-order chi connectivity index (χ1) is 12.6. The highest BCUT2D eigenvalue weighted by atomic mass is 16.4. The Balaban J connectivity index is 1.88. The molecule has 0 bridgehead atoms. The van der Waals surface area contributed by atoms with E-state index in [1.165, 1.54) is 0 Å². The zero-order valence-corrected chi connectivity index (χ0v) is 13.9. The van der Waals surface area contributed by atoms with Crippen LogP contribution < -0.4 is 0 Å². The second-order valence-corrected chi connectivity index (χ2v) is 7.02. The first-order valence-corrected chi connectivity index (χ1v) is 8.66. The van der Waals surface area contributed by atoms with Gasteiger partial charge >= 0.3 is 0 Å². The van der Waals surface area contributed by atoms with Crippen LogP contribution in [0.25, 0.3) is 32.3 Å². The van der Waals surface area contributed by atoms with Gasteiger partial charge in [-0.15, -0.1) is 0 Å². The fraction of sp³-hybridized carbons (Fsp3) is 0.182. The zero-order valence-electron chi connectivity index (χ0n) is 13.9. The molecule has 0 saturated heterocycles. The Kier molecular flexibility index (Phi) is 3.33. The van der Waals surface area contributed by atoms with E-state index in [1.54, 1.807) is 6.07 Å². The molecule has 4 heteroatoms. The highest BCUT2D eigenvalue weighted by molar-refractivity contribution is 6.12. The summed E-state index contributed by atoms with van der Waals surface area (Å²) in [5.41, 5.74) is 0.950. The number of aliphatic hydroxyl groups is 4. The topological polar surface area (TPSA) is 80.9 Å². The van der Waals surface area contributed by atoms with Crippen LogP contribution in [0.3, 0.4) is 0 Å². The van der Waals surface area contributed by atoms with Crippen LogP contribution in [0.4, 0.5) is 0 Å². The average Bonchev–Trinajstić information content (AvgIpc) is 2.68. The summed E-state index contributed by atoms with van der Waals surface area (Å²) in [5, 5.41) is 47.1. The van der Waals surface area contributed by atoms with Crippen LogP contribution >= 0.6 is 0 Å². The second kappa shape index (κ2) is 5.50. The molecule has 0 unspecified atom stereocenters. The first-order valence-electron chi connectivity index (χ1n) is 8.66. The van der Waals surface area contributed by atoms with E-state index in [9.17, 15) is 20.4 Å². The molecule has 4 N–H and O–H groups in total. The highest BCUT2D eigenvalue weighted by Crippen LogP contribution is 2.42. The summed E-state index contributed by atoms with van der Waals surface area (Å²) in [6, 6.07) is 19.9. The molecule has 0 amide bonds. The summed E-state index contributed by atoms with van der Waals surface area (Å²) in [6.45, 7) is 0. The Morgan fingerprint density at radius 1 is 0.538 bits per heavy atom. The maximum absolute atomic E-state index is 10.5. The minimum atomic E-state index is -1.42. The largest absolute Gasteiger partial charge is 0.387 e. The smallest absolute Gasteiger partial charge is 0.113 e. The zero-order chi connectivity index (χ0) is 18.0. The Morgan fingerprint density at radius 3 is 2.00 bits per heavy atom. The van der Waals surface area contributed by atoms with E-state index >= 15 is 0 Å². The van der Waals surface area contributed by atoms with Gasteiger partial charge in [-0.25, -0.2) is 0 Å². The Morgan fingerprint density at radius 2 is 1.15 bits per heavy atom. The molecule has 1 aliphatic rings. The fourth-order valence-corrected chi connectivity index (χ4v) is 4.18. The van der Waals surface area contributed by atoms with Crippen LogP contribution in [0.2, 0.25) is 0 Å². The van der Waals surface area contributed by atoms with Gasteiger partial charge in [-0.05, 0) is 55.6 Å². The van der Waals surface area contributed by atoms with Crippen molar-refractivity contribution in [3.8, 4) is 0 Å². The number of hydrogen-bond acceptors (Lipinski definition) is 4. The van der Waals surface area contributed by atoms with Crippen LogP contribution in [-0.2, 0) is 0 Å². The van der Waals surface area contributed by atoms with Crippen LogP contribution in [0, 0.1) is 0 Å². The van der Waals surface area contributed by atoms with E-state index < -0.39 is 24.4 Å². The van der Waals surface area contributed by atoms with E-state index in [2.05, 4.69) is 24.3 Å². The predicted octanol–water partition coefficient (Wildman–Crippen LogP) is 2.95. The van der Waals surface area contributed by atoms with E-state index in [1.807, 2.05) is 30.3 Å². The van der Waals surface area contributed by atoms with Crippen molar-refractivity contribution in [1.29, 1.82) is 0 Å². The standard InChI is InChI=1S/C22H18O4/c23-19-15-8-7-13-9-16-12(6-5-11-3-1-2-4-14(11)16)10-17(13)18(15)20(24)22(26)21(19)25/h1-10,19-26H/t19-,20-,21+,22+/m1/s1. The van der Waals surface area contributed by atoms with Crippen molar-refractivity contribution in [2.45, 2.75) is 24.4 Å². The Hall–Kier alpha value is -2.50. The van der Waals surface area contributed by atoms with Crippen molar-refractivity contribution in [3.05, 3.63) is 71.8 Å². The summed E-state index contributed by atoms with van der Waals surface area (Å²) < 4.78 is 0. The minimum Gasteiger partial charge on any atom is -0.387 e. The van der Waals surface area contributed by atoms with E-state index in [4.69, 9.17) is 0 Å². The van der Waals surface area contributed by atoms with Gasteiger partial charge in [0.15, 0.2) is 0 Å². The average molecular weight is 346 g/mol. The maximum atomic E-state index is 10.5. The fourth-order valence-electron chi connectivity index (χ4n) is 4.18. The van der Waals surface area contributed by atoms with Crippen molar-refractivity contribution in [2.24, 2.45) is 0 Å². The van der Waals surface area contributed by atoms with Crippen molar-refractivity contribution in [2.75, 3.05) is 0 Å². The molecule has 0 radical (unpaired) electrons. The molecule has 1 aliphatic carbocycles. The molecule has 26 heavy (non-hydrogen) atoms. The summed E-state index contributed by atoms with van der Waals surface area (Å²) in [7, 11) is 0. The quantitative estimate of drug-likeness (QED) is 0.291. The molecule has 4 aromatic rings. The minimum absolute atomic E-state index is 0.461. The normalized spacial score (nSPS) is 25.7. The summed E-state index contributed by atoms with van der Waals surface area (Å²) in [4.78, 5) is 0. The molecular formula is C22H18O4. The Bertz CT molecular complexity index is 1170. The molecule has 0 aromatic heterocycles. The third kappa shape index (κ3) is 2.04. The van der Waals surface area contributed by atoms with Gasteiger partial charge in [0.2, 0.25) is 0 Å². The second-order valence-electron chi connectivity index (χ2n) is 7.02. The van der Waals surface area contributed by atoms with E-state index in [-0.39, 0.29) is 0 Å². The lowest BCUT2D eigenvalue weighted by atomic mass is 9.80. The van der Waals surface area contributed by atoms with Gasteiger partial charge in [-0.3, -0.25) is 0 Å². The summed E-state index contributed by atoms with van der Waals surface area (Å²) in [5.74, 6) is 0. The SMILES string of the molecule is O[C@@H]1[C@@H](O)[C@H](O)c2c(ccc3cc4c(ccc5ccccc54)cc23)[C@H]1O. The van der Waals surface area contributed by atoms with Crippen molar-refractivity contribution in [3.63, 3.8) is 0 Å². The highest BCUT2D eigenvalue weighted by Gasteiger charge is 2.40. The van der Waals surface area contributed by atoms with Crippen LogP contribution in [-0.4, -0.2) is 32.6 Å². The molecular weight excluding hydrogens is 328 g/mol. The van der Waals surface area contributed by atoms with Crippen molar-refractivity contribution in [1.82, 2.24) is 0 Å². The molecule has 4 atom stereocenters. The van der Waals surface area contributed by atoms with Gasteiger partial charge in [0, 0.05) is 0 Å². The number of aliphatic hydroxyl groups excluding tert-OH is 4. The van der Waals surface area contributed by atoms with Gasteiger partial charge in [-0.1, -0.05) is 48.5 Å². The first kappa shape index (κ1) is 15.7. The van der Waals surface area contributed by atoms with E-state index in [0.717, 1.165) is 32.3 Å². The monoisotopic (exact) mass is 346 g/mol. The lowest BCUT2D eigenvalue weighted by Gasteiger charge is -2.35. The number of benzene rings is 4. The van der Waals surface area contributed by atoms with Crippen molar-refractivity contribution >= 4 is 32.3 Å². The number of hydrogen-bond donors (Lipinski definition) is 4. The summed E-state index contributed by atoms with van der Waals surface area (Å²) in [6.07, 6.45) is -5.29. The molecule has 4 aromatic carbocycles. The Labute approximate surface area is 149 Å². The van der Waals surface area contributed by atoms with Crippen LogP contribution in [0.15, 0.2) is 60.7 Å². The molecule has 0 heterocycles. The van der Waals surface area contributed by atoms with Gasteiger partial charge in [0.25, 0.3) is 0 Å². The van der Waals surface area contributed by atoms with E-state index in [0.29, 0.717) is 11.1 Å². The maximum Gasteiger partial charge on any atom is 0.113 e. The molecule has 5 rings (SSSR count). The molecule has 0 spiro atoms. The molecule has 4 nitrogen and oxygen atoms in total.